The second-order valence-corrected chi connectivity index (χ2v) is 7.43. The first-order valence-electron chi connectivity index (χ1n) is 10.3. The van der Waals surface area contributed by atoms with Crippen molar-refractivity contribution < 1.29 is 9.18 Å². The Kier molecular flexibility index (Phi) is 5.89. The summed E-state index contributed by atoms with van der Waals surface area (Å²) in [6, 6.07) is 10.2. The molecular formula is C21H27FN6O. The molecule has 0 aliphatic carbocycles. The average Bonchev–Trinajstić information content (AvgIpc) is 2.79. The van der Waals surface area contributed by atoms with Crippen molar-refractivity contribution in [1.29, 1.82) is 0 Å². The minimum absolute atomic E-state index is 0.133. The second kappa shape index (κ2) is 8.73. The van der Waals surface area contributed by atoms with Gasteiger partial charge in [0.15, 0.2) is 11.6 Å². The van der Waals surface area contributed by atoms with Crippen molar-refractivity contribution >= 4 is 17.5 Å². The molecule has 2 aliphatic heterocycles. The second-order valence-electron chi connectivity index (χ2n) is 7.43. The van der Waals surface area contributed by atoms with Gasteiger partial charge in [-0.05, 0) is 30.8 Å². The van der Waals surface area contributed by atoms with Crippen molar-refractivity contribution in [2.75, 3.05) is 68.7 Å². The highest BCUT2D eigenvalue weighted by Crippen LogP contribution is 2.19. The highest BCUT2D eigenvalue weighted by Gasteiger charge is 2.25. The van der Waals surface area contributed by atoms with Gasteiger partial charge >= 0.3 is 0 Å². The SMILES string of the molecule is CCN1CCN(c2ccc(N3CCN(C(=O)c4ccccc4F)CC3)nn2)CC1. The topological polar surface area (TPSA) is 55.8 Å². The number of aromatic nitrogens is 2. The Morgan fingerprint density at radius 1 is 0.862 bits per heavy atom. The van der Waals surface area contributed by atoms with Crippen LogP contribution in [0.5, 0.6) is 0 Å². The number of anilines is 2. The van der Waals surface area contributed by atoms with E-state index in [0.717, 1.165) is 44.4 Å². The van der Waals surface area contributed by atoms with Gasteiger partial charge in [0.2, 0.25) is 0 Å². The number of amides is 1. The molecule has 0 saturated carbocycles. The van der Waals surface area contributed by atoms with Crippen molar-refractivity contribution in [3.63, 3.8) is 0 Å². The van der Waals surface area contributed by atoms with Crippen LogP contribution in [-0.4, -0.2) is 84.8 Å². The van der Waals surface area contributed by atoms with Gasteiger partial charge in [-0.3, -0.25) is 4.79 Å². The molecule has 2 fully saturated rings. The lowest BCUT2D eigenvalue weighted by atomic mass is 10.1. The standard InChI is InChI=1S/C21H27FN6O/c1-2-25-9-11-26(12-10-25)19-7-8-20(24-23-19)27-13-15-28(16-14-27)21(29)17-5-3-4-6-18(17)22/h3-8H,2,9-16H2,1H3. The van der Waals surface area contributed by atoms with Crippen molar-refractivity contribution in [1.82, 2.24) is 20.0 Å². The summed E-state index contributed by atoms with van der Waals surface area (Å²) in [5, 5.41) is 8.84. The lowest BCUT2D eigenvalue weighted by Crippen LogP contribution is -2.49. The summed E-state index contributed by atoms with van der Waals surface area (Å²) in [6.45, 7) is 9.71. The Hall–Kier alpha value is -2.74. The van der Waals surface area contributed by atoms with Crippen molar-refractivity contribution in [3.05, 3.63) is 47.8 Å². The third-order valence-corrected chi connectivity index (χ3v) is 5.78. The molecule has 1 aromatic carbocycles. The van der Waals surface area contributed by atoms with Crippen LogP contribution in [0.4, 0.5) is 16.0 Å². The lowest BCUT2D eigenvalue weighted by molar-refractivity contribution is 0.0742. The van der Waals surface area contributed by atoms with E-state index >= 15 is 0 Å². The van der Waals surface area contributed by atoms with E-state index in [0.29, 0.717) is 26.2 Å². The fourth-order valence-corrected chi connectivity index (χ4v) is 3.89. The summed E-state index contributed by atoms with van der Waals surface area (Å²) in [4.78, 5) is 21.1. The van der Waals surface area contributed by atoms with Gasteiger partial charge in [0, 0.05) is 52.4 Å². The molecule has 0 spiro atoms. The molecule has 2 aliphatic rings. The van der Waals surface area contributed by atoms with Crippen molar-refractivity contribution in [2.45, 2.75) is 6.92 Å². The number of carbonyl (C=O) groups excluding carboxylic acids is 1. The quantitative estimate of drug-likeness (QED) is 0.782. The largest absolute Gasteiger partial charge is 0.353 e. The number of piperazine rings is 2. The summed E-state index contributed by atoms with van der Waals surface area (Å²) in [5.41, 5.74) is 0.133. The Morgan fingerprint density at radius 2 is 1.41 bits per heavy atom. The van der Waals surface area contributed by atoms with Crippen LogP contribution >= 0.6 is 0 Å². The molecule has 2 saturated heterocycles. The molecule has 0 N–H and O–H groups in total. The molecule has 1 aromatic heterocycles. The molecule has 29 heavy (non-hydrogen) atoms. The minimum Gasteiger partial charge on any atom is -0.353 e. The minimum atomic E-state index is -0.471. The number of nitrogens with zero attached hydrogens (tertiary/aromatic N) is 6. The third kappa shape index (κ3) is 4.32. The molecule has 7 nitrogen and oxygen atoms in total. The number of halogens is 1. The average molecular weight is 398 g/mol. The summed E-state index contributed by atoms with van der Waals surface area (Å²) in [7, 11) is 0. The van der Waals surface area contributed by atoms with E-state index in [9.17, 15) is 9.18 Å². The molecule has 0 unspecified atom stereocenters. The van der Waals surface area contributed by atoms with E-state index in [1.807, 2.05) is 12.1 Å². The first kappa shape index (κ1) is 19.6. The number of benzene rings is 1. The van der Waals surface area contributed by atoms with Gasteiger partial charge < -0.3 is 19.6 Å². The van der Waals surface area contributed by atoms with Gasteiger partial charge in [-0.1, -0.05) is 19.1 Å². The van der Waals surface area contributed by atoms with E-state index in [1.165, 1.54) is 12.1 Å². The summed E-state index contributed by atoms with van der Waals surface area (Å²) >= 11 is 0. The maximum atomic E-state index is 13.9. The molecule has 8 heteroatoms. The summed E-state index contributed by atoms with van der Waals surface area (Å²) < 4.78 is 13.9. The number of hydrogen-bond donors (Lipinski definition) is 0. The Labute approximate surface area is 170 Å². The van der Waals surface area contributed by atoms with Gasteiger partial charge in [-0.15, -0.1) is 10.2 Å². The molecule has 3 heterocycles. The number of hydrogen-bond acceptors (Lipinski definition) is 6. The molecule has 4 rings (SSSR count). The maximum absolute atomic E-state index is 13.9. The zero-order chi connectivity index (χ0) is 20.2. The van der Waals surface area contributed by atoms with E-state index in [2.05, 4.69) is 31.8 Å². The zero-order valence-corrected chi connectivity index (χ0v) is 16.8. The fraction of sp³-hybridized carbons (Fsp3) is 0.476. The van der Waals surface area contributed by atoms with Crippen molar-refractivity contribution in [2.24, 2.45) is 0 Å². The van der Waals surface area contributed by atoms with Gasteiger partial charge in [0.05, 0.1) is 5.56 Å². The fourth-order valence-electron chi connectivity index (χ4n) is 3.89. The molecule has 2 aromatic rings. The Balaban J connectivity index is 1.33. The molecule has 0 bridgehead atoms. The van der Waals surface area contributed by atoms with Crippen LogP contribution in [0, 0.1) is 5.82 Å². The Morgan fingerprint density at radius 3 is 1.93 bits per heavy atom. The summed E-state index contributed by atoms with van der Waals surface area (Å²) in [6.07, 6.45) is 0. The predicted molar refractivity (Wildman–Crippen MR) is 111 cm³/mol. The first-order chi connectivity index (χ1) is 14.2. The van der Waals surface area contributed by atoms with Crippen LogP contribution in [0.25, 0.3) is 0 Å². The van der Waals surface area contributed by atoms with Gasteiger partial charge in [-0.2, -0.15) is 0 Å². The van der Waals surface area contributed by atoms with Gasteiger partial charge in [0.25, 0.3) is 5.91 Å². The molecule has 0 radical (unpaired) electrons. The van der Waals surface area contributed by atoms with Crippen LogP contribution in [0.2, 0.25) is 0 Å². The van der Waals surface area contributed by atoms with E-state index in [1.54, 1.807) is 17.0 Å². The number of likely N-dealkylation sites (N-methyl/N-ethyl adjacent to an activating group) is 1. The highest BCUT2D eigenvalue weighted by molar-refractivity contribution is 5.94. The lowest BCUT2D eigenvalue weighted by Gasteiger charge is -2.36. The van der Waals surface area contributed by atoms with E-state index in [-0.39, 0.29) is 11.5 Å². The van der Waals surface area contributed by atoms with Crippen molar-refractivity contribution in [3.8, 4) is 0 Å². The van der Waals surface area contributed by atoms with Crippen LogP contribution in [0.1, 0.15) is 17.3 Å². The maximum Gasteiger partial charge on any atom is 0.256 e. The van der Waals surface area contributed by atoms with Crippen LogP contribution in [-0.2, 0) is 0 Å². The molecule has 154 valence electrons. The predicted octanol–water partition coefficient (Wildman–Crippen LogP) is 1.72. The number of rotatable bonds is 4. The van der Waals surface area contributed by atoms with Gasteiger partial charge in [-0.25, -0.2) is 4.39 Å². The van der Waals surface area contributed by atoms with Crippen LogP contribution in [0.15, 0.2) is 36.4 Å². The normalized spacial score (nSPS) is 18.2. The Bertz CT molecular complexity index is 829. The van der Waals surface area contributed by atoms with Crippen LogP contribution < -0.4 is 9.80 Å². The third-order valence-electron chi connectivity index (χ3n) is 5.78. The molecular weight excluding hydrogens is 371 g/mol. The monoisotopic (exact) mass is 398 g/mol. The molecule has 0 atom stereocenters. The molecule has 1 amide bonds. The van der Waals surface area contributed by atoms with E-state index in [4.69, 9.17) is 0 Å². The summed E-state index contributed by atoms with van der Waals surface area (Å²) in [5.74, 6) is 1.01. The first-order valence-corrected chi connectivity index (χ1v) is 10.3. The van der Waals surface area contributed by atoms with E-state index < -0.39 is 5.82 Å². The smallest absolute Gasteiger partial charge is 0.256 e. The van der Waals surface area contributed by atoms with Gasteiger partial charge in [0.1, 0.15) is 5.82 Å². The van der Waals surface area contributed by atoms with Crippen LogP contribution in [0.3, 0.4) is 0 Å². The highest BCUT2D eigenvalue weighted by atomic mass is 19.1. The number of carbonyl (C=O) groups is 1. The zero-order valence-electron chi connectivity index (χ0n) is 16.8.